The molecule has 3 N–H and O–H groups in total. The quantitative estimate of drug-likeness (QED) is 0.612. The Morgan fingerprint density at radius 1 is 1.58 bits per heavy atom. The molecule has 0 aliphatic heterocycles. The number of rotatable bonds is 7. The van der Waals surface area contributed by atoms with Crippen LogP contribution in [0.4, 0.5) is 0 Å². The number of sulfonamides is 1. The molecule has 0 spiro atoms. The first-order valence-corrected chi connectivity index (χ1v) is 7.20. The third kappa shape index (κ3) is 3.75. The highest BCUT2D eigenvalue weighted by atomic mass is 32.2. The van der Waals surface area contributed by atoms with Gasteiger partial charge >= 0.3 is 5.97 Å². The lowest BCUT2D eigenvalue weighted by Gasteiger charge is -2.11. The van der Waals surface area contributed by atoms with Crippen molar-refractivity contribution in [3.8, 4) is 0 Å². The van der Waals surface area contributed by atoms with E-state index in [1.807, 2.05) is 11.6 Å². The number of aromatic nitrogens is 2. The number of aliphatic carboxylic acids is 1. The Hall–Kier alpha value is -1.45. The largest absolute Gasteiger partial charge is 0.480 e. The number of aryl methyl sites for hydroxylation is 2. The van der Waals surface area contributed by atoms with Gasteiger partial charge in [0.05, 0.1) is 0 Å². The molecule has 108 valence electrons. The van der Waals surface area contributed by atoms with Crippen molar-refractivity contribution in [3.63, 3.8) is 0 Å². The number of nitrogens with one attached hydrogen (secondary N) is 1. The number of aliphatic hydroxyl groups is 1. The highest BCUT2D eigenvalue weighted by Gasteiger charge is 2.27. The zero-order chi connectivity index (χ0) is 14.6. The second-order valence-electron chi connectivity index (χ2n) is 3.94. The van der Waals surface area contributed by atoms with E-state index < -0.39 is 28.6 Å². The van der Waals surface area contributed by atoms with Crippen molar-refractivity contribution in [1.82, 2.24) is 14.3 Å². The van der Waals surface area contributed by atoms with Gasteiger partial charge in [0, 0.05) is 19.3 Å². The van der Waals surface area contributed by atoms with Gasteiger partial charge in [-0.3, -0.25) is 4.79 Å². The molecule has 0 bridgehead atoms. The minimum Gasteiger partial charge on any atom is -0.480 e. The first-order chi connectivity index (χ1) is 8.81. The number of carboxylic acid groups (broad SMARTS) is 1. The Labute approximate surface area is 111 Å². The van der Waals surface area contributed by atoms with E-state index in [1.165, 1.54) is 6.20 Å². The van der Waals surface area contributed by atoms with Gasteiger partial charge in [0.25, 0.3) is 10.0 Å². The topological polar surface area (TPSA) is 122 Å². The second-order valence-corrected chi connectivity index (χ2v) is 5.60. The number of nitrogens with zero attached hydrogens (tertiary/aromatic N) is 2. The van der Waals surface area contributed by atoms with E-state index >= 15 is 0 Å². The predicted molar refractivity (Wildman–Crippen MR) is 66.1 cm³/mol. The van der Waals surface area contributed by atoms with E-state index in [1.54, 1.807) is 11.5 Å². The van der Waals surface area contributed by atoms with Crippen LogP contribution in [0.5, 0.6) is 0 Å². The van der Waals surface area contributed by atoms with Gasteiger partial charge in [-0.15, -0.1) is 0 Å². The van der Waals surface area contributed by atoms with E-state index in [2.05, 4.69) is 4.98 Å². The van der Waals surface area contributed by atoms with E-state index in [4.69, 9.17) is 10.2 Å². The molecule has 1 rings (SSSR count). The average molecular weight is 291 g/mol. The van der Waals surface area contributed by atoms with E-state index in [9.17, 15) is 13.2 Å². The molecule has 1 aromatic heterocycles. The molecular formula is C10H17N3O5S. The molecule has 0 fully saturated rings. The highest BCUT2D eigenvalue weighted by Crippen LogP contribution is 2.10. The summed E-state index contributed by atoms with van der Waals surface area (Å²) >= 11 is 0. The molecule has 1 aromatic rings. The molecule has 0 aliphatic carbocycles. The Balaban J connectivity index is 2.99. The Morgan fingerprint density at radius 2 is 2.21 bits per heavy atom. The van der Waals surface area contributed by atoms with Crippen LogP contribution < -0.4 is 4.72 Å². The second kappa shape index (κ2) is 6.13. The van der Waals surface area contributed by atoms with Crippen LogP contribution in [0.25, 0.3) is 0 Å². The third-order valence-electron chi connectivity index (χ3n) is 2.58. The van der Waals surface area contributed by atoms with Crippen LogP contribution in [0.1, 0.15) is 19.2 Å². The maximum Gasteiger partial charge on any atom is 0.321 e. The molecule has 0 aromatic carbocycles. The molecule has 0 amide bonds. The molecule has 19 heavy (non-hydrogen) atoms. The number of carbonyl (C=O) groups is 1. The van der Waals surface area contributed by atoms with Crippen molar-refractivity contribution >= 4 is 16.0 Å². The standard InChI is InChI=1S/C10H17N3O5S/c1-3-13-6-9(11-7(13)2)19(17,18)12-8(4-5-14)10(15)16/h6,8,12,14H,3-5H2,1-2H3,(H,15,16). The average Bonchev–Trinajstić information content (AvgIpc) is 2.70. The SMILES string of the molecule is CCn1cc(S(=O)(=O)NC(CCO)C(=O)O)nc1C. The lowest BCUT2D eigenvalue weighted by Crippen LogP contribution is -2.41. The summed E-state index contributed by atoms with van der Waals surface area (Å²) in [6, 6.07) is -1.37. The van der Waals surface area contributed by atoms with Crippen molar-refractivity contribution in [2.24, 2.45) is 0 Å². The fourth-order valence-corrected chi connectivity index (χ4v) is 2.77. The molecule has 0 aliphatic rings. The monoisotopic (exact) mass is 291 g/mol. The van der Waals surface area contributed by atoms with Crippen molar-refractivity contribution in [1.29, 1.82) is 0 Å². The molecule has 9 heteroatoms. The maximum atomic E-state index is 12.0. The lowest BCUT2D eigenvalue weighted by atomic mass is 10.2. The number of imidazole rings is 1. The third-order valence-corrected chi connectivity index (χ3v) is 3.93. The van der Waals surface area contributed by atoms with Gasteiger partial charge < -0.3 is 14.8 Å². The minimum atomic E-state index is -4.01. The predicted octanol–water partition coefficient (Wildman–Crippen LogP) is -0.675. The van der Waals surface area contributed by atoms with Crippen molar-refractivity contribution in [3.05, 3.63) is 12.0 Å². The van der Waals surface area contributed by atoms with Gasteiger partial charge in [-0.25, -0.2) is 13.4 Å². The molecule has 8 nitrogen and oxygen atoms in total. The van der Waals surface area contributed by atoms with E-state index in [0.717, 1.165) is 0 Å². The minimum absolute atomic E-state index is 0.206. The zero-order valence-electron chi connectivity index (χ0n) is 10.7. The van der Waals surface area contributed by atoms with Gasteiger partial charge in [-0.05, 0) is 20.3 Å². The van der Waals surface area contributed by atoms with E-state index in [0.29, 0.717) is 12.4 Å². The molecule has 1 heterocycles. The molecule has 1 unspecified atom stereocenters. The summed E-state index contributed by atoms with van der Waals surface area (Å²) in [5.74, 6) is -0.818. The van der Waals surface area contributed by atoms with Crippen molar-refractivity contribution < 1.29 is 23.4 Å². The molecule has 1 atom stereocenters. The molecular weight excluding hydrogens is 274 g/mol. The van der Waals surface area contributed by atoms with Crippen molar-refractivity contribution in [2.45, 2.75) is 37.9 Å². The fraction of sp³-hybridized carbons (Fsp3) is 0.600. The van der Waals surface area contributed by atoms with Crippen molar-refractivity contribution in [2.75, 3.05) is 6.61 Å². The molecule has 0 saturated carbocycles. The number of hydrogen-bond donors (Lipinski definition) is 3. The van der Waals surface area contributed by atoms with Gasteiger partial charge in [-0.1, -0.05) is 0 Å². The van der Waals surface area contributed by atoms with E-state index in [-0.39, 0.29) is 11.4 Å². The maximum absolute atomic E-state index is 12.0. The summed E-state index contributed by atoms with van der Waals surface area (Å²) < 4.78 is 27.6. The zero-order valence-corrected chi connectivity index (χ0v) is 11.5. The summed E-state index contributed by atoms with van der Waals surface area (Å²) in [5.41, 5.74) is 0. The van der Waals surface area contributed by atoms with Crippen LogP contribution in [-0.4, -0.2) is 46.8 Å². The summed E-state index contributed by atoms with van der Waals surface area (Å²) in [5, 5.41) is 17.4. The van der Waals surface area contributed by atoms with Gasteiger partial charge in [0.2, 0.25) is 0 Å². The van der Waals surface area contributed by atoms with Crippen LogP contribution in [-0.2, 0) is 21.4 Å². The smallest absolute Gasteiger partial charge is 0.321 e. The Bertz CT molecular complexity index is 552. The fourth-order valence-electron chi connectivity index (χ4n) is 1.54. The Morgan fingerprint density at radius 3 is 2.63 bits per heavy atom. The number of carboxylic acids is 1. The number of aliphatic hydroxyl groups excluding tert-OH is 1. The van der Waals surface area contributed by atoms with Gasteiger partial charge in [0.1, 0.15) is 11.9 Å². The van der Waals surface area contributed by atoms with Gasteiger partial charge in [0.15, 0.2) is 5.03 Å². The number of hydrogen-bond acceptors (Lipinski definition) is 5. The summed E-state index contributed by atoms with van der Waals surface area (Å²) in [6.45, 7) is 3.63. The summed E-state index contributed by atoms with van der Waals surface area (Å²) in [4.78, 5) is 14.7. The van der Waals surface area contributed by atoms with Crippen LogP contribution >= 0.6 is 0 Å². The summed E-state index contributed by atoms with van der Waals surface area (Å²) in [7, 11) is -4.01. The van der Waals surface area contributed by atoms with Gasteiger partial charge in [-0.2, -0.15) is 4.72 Å². The molecule has 0 saturated heterocycles. The first kappa shape index (κ1) is 15.6. The van der Waals surface area contributed by atoms with Crippen LogP contribution in [0.3, 0.4) is 0 Å². The highest BCUT2D eigenvalue weighted by molar-refractivity contribution is 7.89. The van der Waals surface area contributed by atoms with Crippen LogP contribution in [0, 0.1) is 6.92 Å². The molecule has 0 radical (unpaired) electrons. The van der Waals surface area contributed by atoms with Crippen LogP contribution in [0.2, 0.25) is 0 Å². The Kier molecular flexibility index (Phi) is 5.04. The van der Waals surface area contributed by atoms with Crippen LogP contribution in [0.15, 0.2) is 11.2 Å². The normalized spacial score (nSPS) is 13.4. The first-order valence-electron chi connectivity index (χ1n) is 5.71. The summed E-state index contributed by atoms with van der Waals surface area (Å²) in [6.07, 6.45) is 1.14. The lowest BCUT2D eigenvalue weighted by molar-refractivity contribution is -0.139.